The Kier molecular flexibility index (Phi) is 4.56. The van der Waals surface area contributed by atoms with E-state index in [2.05, 4.69) is 36.8 Å². The van der Waals surface area contributed by atoms with E-state index in [1.54, 1.807) is 25.3 Å². The van der Waals surface area contributed by atoms with E-state index in [0.29, 0.717) is 20.4 Å². The summed E-state index contributed by atoms with van der Waals surface area (Å²) in [5.74, 6) is 1.17. The van der Waals surface area contributed by atoms with Gasteiger partial charge in [-0.3, -0.25) is 15.1 Å². The third kappa shape index (κ3) is 3.07. The Morgan fingerprint density at radius 2 is 2.00 bits per heavy atom. The van der Waals surface area contributed by atoms with E-state index in [0.717, 1.165) is 6.20 Å². The zero-order chi connectivity index (χ0) is 14.7. The molecule has 0 atom stereocenters. The van der Waals surface area contributed by atoms with Gasteiger partial charge in [-0.05, 0) is 50.1 Å². The minimum atomic E-state index is -0.551. The molecule has 0 fully saturated rings. The Morgan fingerprint density at radius 3 is 2.60 bits per heavy atom. The number of nitrogens with zero attached hydrogens (tertiary/aromatic N) is 2. The number of rotatable bonds is 4. The average Bonchev–Trinajstić information content (AvgIpc) is 2.42. The van der Waals surface area contributed by atoms with E-state index < -0.39 is 4.92 Å². The van der Waals surface area contributed by atoms with Gasteiger partial charge in [-0.2, -0.15) is 0 Å². The van der Waals surface area contributed by atoms with Crippen molar-refractivity contribution in [2.75, 3.05) is 7.11 Å². The Bertz CT molecular complexity index is 664. The van der Waals surface area contributed by atoms with Gasteiger partial charge >= 0.3 is 5.69 Å². The largest absolute Gasteiger partial charge is 0.497 e. The summed E-state index contributed by atoms with van der Waals surface area (Å²) in [6.45, 7) is 0. The number of hydrogen-bond donors (Lipinski definition) is 0. The molecule has 1 heterocycles. The van der Waals surface area contributed by atoms with Gasteiger partial charge in [0.25, 0.3) is 0 Å². The van der Waals surface area contributed by atoms with Gasteiger partial charge in [-0.1, -0.05) is 0 Å². The van der Waals surface area contributed by atoms with E-state index in [4.69, 9.17) is 9.47 Å². The lowest BCUT2D eigenvalue weighted by Crippen LogP contribution is -1.96. The number of ether oxygens (including phenoxy) is 2. The summed E-state index contributed by atoms with van der Waals surface area (Å²) in [6, 6.07) is 5.05. The quantitative estimate of drug-likeness (QED) is 0.561. The lowest BCUT2D eigenvalue weighted by atomic mass is 10.3. The van der Waals surface area contributed by atoms with Crippen molar-refractivity contribution in [3.63, 3.8) is 0 Å². The molecule has 0 amide bonds. The van der Waals surface area contributed by atoms with Gasteiger partial charge in [-0.25, -0.2) is 0 Å². The number of aromatic nitrogens is 1. The topological polar surface area (TPSA) is 74.5 Å². The van der Waals surface area contributed by atoms with Gasteiger partial charge in [0.15, 0.2) is 0 Å². The first-order valence-electron chi connectivity index (χ1n) is 5.32. The van der Waals surface area contributed by atoms with Crippen molar-refractivity contribution in [2.24, 2.45) is 0 Å². The summed E-state index contributed by atoms with van der Waals surface area (Å²) in [5, 5.41) is 11.0. The maximum atomic E-state index is 11.0. The second-order valence-electron chi connectivity index (χ2n) is 3.63. The Hall–Kier alpha value is -1.67. The molecular formula is C12H8Br2N2O4. The Labute approximate surface area is 131 Å². The van der Waals surface area contributed by atoms with Crippen molar-refractivity contribution in [2.45, 2.75) is 0 Å². The molecule has 0 aliphatic heterocycles. The summed E-state index contributed by atoms with van der Waals surface area (Å²) in [4.78, 5) is 14.2. The first-order valence-corrected chi connectivity index (χ1v) is 6.91. The van der Waals surface area contributed by atoms with Crippen LogP contribution in [0.1, 0.15) is 0 Å². The zero-order valence-corrected chi connectivity index (χ0v) is 13.3. The summed E-state index contributed by atoms with van der Waals surface area (Å²) in [7, 11) is 1.55. The van der Waals surface area contributed by atoms with Crippen LogP contribution in [0.15, 0.2) is 39.5 Å². The van der Waals surface area contributed by atoms with Gasteiger partial charge < -0.3 is 9.47 Å². The maximum Gasteiger partial charge on any atom is 0.330 e. The van der Waals surface area contributed by atoms with Crippen LogP contribution in [0.4, 0.5) is 5.69 Å². The number of pyridine rings is 1. The van der Waals surface area contributed by atoms with Crippen molar-refractivity contribution in [3.05, 3.63) is 49.7 Å². The van der Waals surface area contributed by atoms with Crippen molar-refractivity contribution in [1.29, 1.82) is 0 Å². The molecule has 0 aliphatic rings. The Morgan fingerprint density at radius 1 is 1.25 bits per heavy atom. The molecule has 0 bridgehead atoms. The van der Waals surface area contributed by atoms with Crippen LogP contribution in [0.2, 0.25) is 0 Å². The molecule has 0 N–H and O–H groups in total. The zero-order valence-electron chi connectivity index (χ0n) is 10.2. The molecular weight excluding hydrogens is 396 g/mol. The van der Waals surface area contributed by atoms with Crippen molar-refractivity contribution >= 4 is 37.5 Å². The van der Waals surface area contributed by atoms with Crippen LogP contribution in [0.3, 0.4) is 0 Å². The Balaban J connectivity index is 2.42. The predicted molar refractivity (Wildman–Crippen MR) is 79.4 cm³/mol. The molecule has 0 saturated heterocycles. The summed E-state index contributed by atoms with van der Waals surface area (Å²) < 4.78 is 11.7. The molecule has 2 aromatic rings. The van der Waals surface area contributed by atoms with Crippen molar-refractivity contribution in [3.8, 4) is 17.2 Å². The normalized spacial score (nSPS) is 10.2. The van der Waals surface area contributed by atoms with Crippen molar-refractivity contribution in [1.82, 2.24) is 4.98 Å². The highest BCUT2D eigenvalue weighted by atomic mass is 79.9. The van der Waals surface area contributed by atoms with Crippen LogP contribution in [-0.2, 0) is 0 Å². The lowest BCUT2D eigenvalue weighted by molar-refractivity contribution is -0.386. The first kappa shape index (κ1) is 14.7. The highest BCUT2D eigenvalue weighted by molar-refractivity contribution is 9.11. The van der Waals surface area contributed by atoms with Crippen LogP contribution >= 0.6 is 31.9 Å². The fourth-order valence-corrected chi connectivity index (χ4v) is 2.29. The fraction of sp³-hybridized carbons (Fsp3) is 0.0833. The second-order valence-corrected chi connectivity index (χ2v) is 5.33. The molecule has 2 rings (SSSR count). The minimum absolute atomic E-state index is 0.0934. The molecule has 0 aliphatic carbocycles. The average molecular weight is 404 g/mol. The SMILES string of the molecule is COc1ccc(Oc2c(Br)cncc2[N+](=O)[O-])c(Br)c1. The number of benzene rings is 1. The molecule has 6 nitrogen and oxygen atoms in total. The number of hydrogen-bond acceptors (Lipinski definition) is 5. The lowest BCUT2D eigenvalue weighted by Gasteiger charge is -2.10. The molecule has 0 spiro atoms. The smallest absolute Gasteiger partial charge is 0.330 e. The van der Waals surface area contributed by atoms with Gasteiger partial charge in [0.05, 0.1) is 21.0 Å². The molecule has 8 heteroatoms. The van der Waals surface area contributed by atoms with Gasteiger partial charge in [0, 0.05) is 6.20 Å². The highest BCUT2D eigenvalue weighted by Crippen LogP contribution is 2.40. The highest BCUT2D eigenvalue weighted by Gasteiger charge is 2.20. The van der Waals surface area contributed by atoms with Crippen LogP contribution < -0.4 is 9.47 Å². The second kappa shape index (κ2) is 6.19. The maximum absolute atomic E-state index is 11.0. The number of methoxy groups -OCH3 is 1. The van der Waals surface area contributed by atoms with Crippen LogP contribution in [-0.4, -0.2) is 17.0 Å². The first-order chi connectivity index (χ1) is 9.52. The van der Waals surface area contributed by atoms with Crippen LogP contribution in [0.25, 0.3) is 0 Å². The number of halogens is 2. The van der Waals surface area contributed by atoms with Crippen LogP contribution in [0.5, 0.6) is 17.2 Å². The molecule has 104 valence electrons. The molecule has 0 radical (unpaired) electrons. The standard InChI is InChI=1S/C12H8Br2N2O4/c1-19-7-2-3-11(8(13)4-7)20-12-9(14)5-15-6-10(12)16(17)18/h2-6H,1H3. The van der Waals surface area contributed by atoms with Gasteiger partial charge in [0.2, 0.25) is 5.75 Å². The van der Waals surface area contributed by atoms with E-state index in [1.807, 2.05) is 0 Å². The van der Waals surface area contributed by atoms with E-state index in [-0.39, 0.29) is 11.4 Å². The summed E-state index contributed by atoms with van der Waals surface area (Å²) in [5.41, 5.74) is -0.220. The third-order valence-corrected chi connectivity index (χ3v) is 3.57. The monoisotopic (exact) mass is 402 g/mol. The molecule has 0 saturated carbocycles. The van der Waals surface area contributed by atoms with E-state index >= 15 is 0 Å². The van der Waals surface area contributed by atoms with Gasteiger partial charge in [0.1, 0.15) is 17.7 Å². The molecule has 0 unspecified atom stereocenters. The molecule has 1 aromatic heterocycles. The minimum Gasteiger partial charge on any atom is -0.497 e. The summed E-state index contributed by atoms with van der Waals surface area (Å²) >= 11 is 6.52. The predicted octanol–water partition coefficient (Wildman–Crippen LogP) is 4.32. The van der Waals surface area contributed by atoms with Gasteiger partial charge in [-0.15, -0.1) is 0 Å². The third-order valence-electron chi connectivity index (χ3n) is 2.38. The van der Waals surface area contributed by atoms with E-state index in [9.17, 15) is 10.1 Å². The fourth-order valence-electron chi connectivity index (χ4n) is 1.45. The number of nitro groups is 1. The van der Waals surface area contributed by atoms with Crippen molar-refractivity contribution < 1.29 is 14.4 Å². The summed E-state index contributed by atoms with van der Waals surface area (Å²) in [6.07, 6.45) is 2.57. The molecule has 1 aromatic carbocycles. The molecule has 20 heavy (non-hydrogen) atoms. The van der Waals surface area contributed by atoms with Crippen LogP contribution in [0, 0.1) is 10.1 Å². The van der Waals surface area contributed by atoms with E-state index in [1.165, 1.54) is 6.20 Å².